The van der Waals surface area contributed by atoms with E-state index in [1.54, 1.807) is 6.92 Å². The molecule has 0 spiro atoms. The minimum Gasteiger partial charge on any atom is -0.491 e. The molecule has 2 N–H and O–H groups in total. The maximum Gasteiger partial charge on any atom is 0.219 e. The highest BCUT2D eigenvalue weighted by Crippen LogP contribution is 2.25. The van der Waals surface area contributed by atoms with Gasteiger partial charge in [0.25, 0.3) is 0 Å². The summed E-state index contributed by atoms with van der Waals surface area (Å²) in [5, 5.41) is 19.7. The Labute approximate surface area is 179 Å². The number of piperazine rings is 1. The number of hydrogen-bond acceptors (Lipinski definition) is 7. The van der Waals surface area contributed by atoms with E-state index in [0.29, 0.717) is 32.9 Å². The molecule has 0 saturated carbocycles. The number of carbonyl (C=O) groups is 1. The summed E-state index contributed by atoms with van der Waals surface area (Å²) < 4.78 is 10.8. The van der Waals surface area contributed by atoms with E-state index in [-0.39, 0.29) is 12.5 Å². The molecule has 0 bridgehead atoms. The molecular weight excluding hydrogens is 386 g/mol. The monoisotopic (exact) mass is 421 g/mol. The number of hydrogen-bond donors (Lipinski definition) is 2. The van der Waals surface area contributed by atoms with Gasteiger partial charge in [-0.2, -0.15) is 0 Å². The fraction of sp³-hybridized carbons (Fsp3) is 0.682. The van der Waals surface area contributed by atoms with Crippen LogP contribution in [-0.2, 0) is 16.1 Å². The number of ether oxygens (including phenoxy) is 2. The van der Waals surface area contributed by atoms with Crippen LogP contribution in [0.4, 0.5) is 0 Å². The highest BCUT2D eigenvalue weighted by molar-refractivity contribution is 5.73. The van der Waals surface area contributed by atoms with Gasteiger partial charge in [0.2, 0.25) is 5.91 Å². The fourth-order valence-electron chi connectivity index (χ4n) is 4.18. The summed E-state index contributed by atoms with van der Waals surface area (Å²) in [5.41, 5.74) is 0.508. The van der Waals surface area contributed by atoms with Crippen LogP contribution in [0.2, 0.25) is 0 Å². The number of carbonyl (C=O) groups excluding carboxylic acids is 1. The van der Waals surface area contributed by atoms with Crippen LogP contribution in [0.25, 0.3) is 0 Å². The zero-order valence-electron chi connectivity index (χ0n) is 18.0. The van der Waals surface area contributed by atoms with E-state index in [9.17, 15) is 9.90 Å². The molecule has 2 aliphatic rings. The van der Waals surface area contributed by atoms with Gasteiger partial charge >= 0.3 is 0 Å². The van der Waals surface area contributed by atoms with Crippen molar-refractivity contribution in [3.05, 3.63) is 29.8 Å². The fourth-order valence-corrected chi connectivity index (χ4v) is 4.18. The van der Waals surface area contributed by atoms with E-state index in [2.05, 4.69) is 21.9 Å². The van der Waals surface area contributed by atoms with Crippen LogP contribution in [0, 0.1) is 0 Å². The van der Waals surface area contributed by atoms with Crippen molar-refractivity contribution in [2.24, 2.45) is 0 Å². The zero-order valence-corrected chi connectivity index (χ0v) is 18.0. The lowest BCUT2D eigenvalue weighted by Crippen LogP contribution is -2.53. The van der Waals surface area contributed by atoms with Gasteiger partial charge in [0.1, 0.15) is 12.4 Å². The summed E-state index contributed by atoms with van der Waals surface area (Å²) in [5.74, 6) is 0.931. The smallest absolute Gasteiger partial charge is 0.219 e. The number of amides is 1. The molecule has 1 atom stereocenters. The first-order valence-electron chi connectivity index (χ1n) is 10.8. The van der Waals surface area contributed by atoms with Crippen LogP contribution in [0.3, 0.4) is 0 Å². The Bertz CT molecular complexity index is 663. The highest BCUT2D eigenvalue weighted by Gasteiger charge is 2.38. The molecule has 2 heterocycles. The molecule has 8 heteroatoms. The van der Waals surface area contributed by atoms with Crippen LogP contribution in [0.15, 0.2) is 24.3 Å². The Morgan fingerprint density at radius 2 is 1.77 bits per heavy atom. The molecular formula is C22H35N3O5. The van der Waals surface area contributed by atoms with Crippen LogP contribution in [0.5, 0.6) is 5.75 Å². The molecule has 2 saturated heterocycles. The second-order valence-corrected chi connectivity index (χ2v) is 8.30. The predicted octanol–water partition coefficient (Wildman–Crippen LogP) is 0.175. The van der Waals surface area contributed by atoms with Crippen molar-refractivity contribution in [2.45, 2.75) is 25.5 Å². The normalized spacial score (nSPS) is 23.1. The first kappa shape index (κ1) is 23.0. The quantitative estimate of drug-likeness (QED) is 0.521. The Hall–Kier alpha value is -1.71. The lowest BCUT2D eigenvalue weighted by Gasteiger charge is -2.38. The van der Waals surface area contributed by atoms with Gasteiger partial charge in [-0.3, -0.25) is 14.6 Å². The second-order valence-electron chi connectivity index (χ2n) is 8.30. The summed E-state index contributed by atoms with van der Waals surface area (Å²) in [6.45, 7) is 9.06. The molecule has 0 aromatic heterocycles. The molecule has 2 aliphatic heterocycles. The third-order valence-corrected chi connectivity index (χ3v) is 5.81. The number of β-amino-alcohol motifs (C(OH)–C–C–N with tert-alkyl or cyclic N) is 1. The summed E-state index contributed by atoms with van der Waals surface area (Å²) >= 11 is 0. The third-order valence-electron chi connectivity index (χ3n) is 5.81. The molecule has 30 heavy (non-hydrogen) atoms. The summed E-state index contributed by atoms with van der Waals surface area (Å²) in [7, 11) is 0. The van der Waals surface area contributed by atoms with Gasteiger partial charge in [-0.05, 0) is 24.1 Å². The van der Waals surface area contributed by atoms with E-state index in [4.69, 9.17) is 14.6 Å². The first-order valence-corrected chi connectivity index (χ1v) is 10.8. The molecule has 0 aliphatic carbocycles. The zero-order chi connectivity index (χ0) is 21.4. The molecule has 1 aromatic rings. The Morgan fingerprint density at radius 3 is 2.43 bits per heavy atom. The largest absolute Gasteiger partial charge is 0.491 e. The number of likely N-dealkylation sites (tertiary alicyclic amines) is 1. The standard InChI is InChI=1S/C22H35N3O5/c1-19(27)25-10-8-23(9-11-25)17-22(28)6-7-24(18-22)16-20-2-4-21(5-3-20)30-15-14-29-13-12-26/h2-5,26,28H,6-18H2,1H3. The molecule has 0 radical (unpaired) electrons. The SMILES string of the molecule is CC(=O)N1CCN(CC2(O)CCN(Cc3ccc(OCCOCCO)cc3)C2)CC1. The Morgan fingerprint density at radius 1 is 1.03 bits per heavy atom. The summed E-state index contributed by atoms with van der Waals surface area (Å²) in [4.78, 5) is 17.9. The first-order chi connectivity index (χ1) is 14.5. The van der Waals surface area contributed by atoms with E-state index in [1.165, 1.54) is 5.56 Å². The number of nitrogens with zero attached hydrogens (tertiary/aromatic N) is 3. The summed E-state index contributed by atoms with van der Waals surface area (Å²) in [6, 6.07) is 8.03. The van der Waals surface area contributed by atoms with E-state index in [0.717, 1.165) is 51.4 Å². The number of rotatable bonds is 10. The molecule has 2 fully saturated rings. The van der Waals surface area contributed by atoms with E-state index < -0.39 is 5.60 Å². The van der Waals surface area contributed by atoms with Crippen molar-refractivity contribution in [3.8, 4) is 5.75 Å². The van der Waals surface area contributed by atoms with Crippen molar-refractivity contribution in [3.63, 3.8) is 0 Å². The van der Waals surface area contributed by atoms with Gasteiger partial charge in [-0.15, -0.1) is 0 Å². The molecule has 1 aromatic carbocycles. The number of benzene rings is 1. The predicted molar refractivity (Wildman–Crippen MR) is 113 cm³/mol. The van der Waals surface area contributed by atoms with Crippen molar-refractivity contribution >= 4 is 5.91 Å². The Balaban J connectivity index is 1.39. The average Bonchev–Trinajstić information content (AvgIpc) is 3.09. The van der Waals surface area contributed by atoms with Gasteiger partial charge in [-0.1, -0.05) is 12.1 Å². The third kappa shape index (κ3) is 6.92. The van der Waals surface area contributed by atoms with Crippen molar-refractivity contribution < 1.29 is 24.5 Å². The maximum atomic E-state index is 11.5. The van der Waals surface area contributed by atoms with Crippen LogP contribution in [0.1, 0.15) is 18.9 Å². The van der Waals surface area contributed by atoms with Crippen LogP contribution >= 0.6 is 0 Å². The minimum atomic E-state index is -0.685. The minimum absolute atomic E-state index is 0.0246. The molecule has 1 amide bonds. The topological polar surface area (TPSA) is 85.7 Å². The van der Waals surface area contributed by atoms with Gasteiger partial charge in [0.15, 0.2) is 0 Å². The maximum absolute atomic E-state index is 11.5. The Kier molecular flexibility index (Phi) is 8.47. The second kappa shape index (κ2) is 11.1. The van der Waals surface area contributed by atoms with Gasteiger partial charge in [0.05, 0.1) is 25.4 Å². The lowest BCUT2D eigenvalue weighted by molar-refractivity contribution is -0.130. The molecule has 3 rings (SSSR count). The van der Waals surface area contributed by atoms with Crippen molar-refractivity contribution in [2.75, 3.05) is 72.2 Å². The van der Waals surface area contributed by atoms with E-state index in [1.807, 2.05) is 17.0 Å². The van der Waals surface area contributed by atoms with Gasteiger partial charge in [-0.25, -0.2) is 0 Å². The number of aliphatic hydroxyl groups excluding tert-OH is 1. The van der Waals surface area contributed by atoms with Crippen LogP contribution < -0.4 is 4.74 Å². The van der Waals surface area contributed by atoms with Crippen molar-refractivity contribution in [1.29, 1.82) is 0 Å². The number of aliphatic hydroxyl groups is 2. The molecule has 8 nitrogen and oxygen atoms in total. The average molecular weight is 422 g/mol. The molecule has 168 valence electrons. The van der Waals surface area contributed by atoms with Crippen molar-refractivity contribution in [1.82, 2.24) is 14.7 Å². The van der Waals surface area contributed by atoms with Crippen LogP contribution in [-0.4, -0.2) is 109 Å². The van der Waals surface area contributed by atoms with E-state index >= 15 is 0 Å². The van der Waals surface area contributed by atoms with Gasteiger partial charge < -0.3 is 24.6 Å². The lowest BCUT2D eigenvalue weighted by atomic mass is 10.0. The highest BCUT2D eigenvalue weighted by atomic mass is 16.5. The van der Waals surface area contributed by atoms with Gasteiger partial charge in [0, 0.05) is 59.3 Å². The summed E-state index contributed by atoms with van der Waals surface area (Å²) in [6.07, 6.45) is 0.773. The molecule has 1 unspecified atom stereocenters.